The van der Waals surface area contributed by atoms with Gasteiger partial charge in [-0.05, 0) is 58.3 Å². The van der Waals surface area contributed by atoms with E-state index in [0.29, 0.717) is 24.9 Å². The van der Waals surface area contributed by atoms with Crippen molar-refractivity contribution in [2.45, 2.75) is 96.8 Å². The Hall–Kier alpha value is -0.940. The van der Waals surface area contributed by atoms with E-state index in [1.165, 1.54) is 0 Å². The smallest absolute Gasteiger partial charge is 0.222 e. The van der Waals surface area contributed by atoms with Crippen molar-refractivity contribution in [3.05, 3.63) is 0 Å². The Morgan fingerprint density at radius 1 is 0.923 bits per heavy atom. The Morgan fingerprint density at radius 2 is 1.50 bits per heavy atom. The first-order valence-corrected chi connectivity index (χ1v) is 10.6. The summed E-state index contributed by atoms with van der Waals surface area (Å²) in [6, 6.07) is 0.223. The minimum absolute atomic E-state index is 0.0756. The van der Waals surface area contributed by atoms with E-state index >= 15 is 0 Å². The molecular formula is C21H37NO4. The van der Waals surface area contributed by atoms with Crippen molar-refractivity contribution in [3.63, 3.8) is 0 Å². The van der Waals surface area contributed by atoms with E-state index in [0.717, 1.165) is 58.0 Å². The summed E-state index contributed by atoms with van der Waals surface area (Å²) in [5.41, 5.74) is 0. The van der Waals surface area contributed by atoms with Crippen LogP contribution in [0.4, 0.5) is 0 Å². The van der Waals surface area contributed by atoms with Crippen molar-refractivity contribution >= 4 is 11.7 Å². The van der Waals surface area contributed by atoms with Crippen molar-refractivity contribution in [2.24, 2.45) is 11.8 Å². The second kappa shape index (κ2) is 11.0. The van der Waals surface area contributed by atoms with Crippen LogP contribution in [0.25, 0.3) is 0 Å². The minimum Gasteiger partial charge on any atom is -0.379 e. The highest BCUT2D eigenvalue weighted by Crippen LogP contribution is 2.27. The molecule has 150 valence electrons. The van der Waals surface area contributed by atoms with Crippen molar-refractivity contribution in [1.29, 1.82) is 0 Å². The van der Waals surface area contributed by atoms with E-state index in [9.17, 15) is 9.59 Å². The van der Waals surface area contributed by atoms with Crippen LogP contribution in [0.2, 0.25) is 0 Å². The van der Waals surface area contributed by atoms with Gasteiger partial charge in [-0.3, -0.25) is 9.59 Å². The van der Waals surface area contributed by atoms with Crippen LogP contribution in [0, 0.1) is 11.8 Å². The zero-order valence-corrected chi connectivity index (χ0v) is 16.8. The maximum atomic E-state index is 12.1. The monoisotopic (exact) mass is 367 g/mol. The molecule has 1 N–H and O–H groups in total. The normalized spacial score (nSPS) is 29.5. The zero-order chi connectivity index (χ0) is 18.9. The molecule has 0 aromatic heterocycles. The fraction of sp³-hybridized carbons (Fsp3) is 0.905. The lowest BCUT2D eigenvalue weighted by molar-refractivity contribution is -0.127. The van der Waals surface area contributed by atoms with Crippen LogP contribution in [0.1, 0.15) is 78.6 Å². The predicted molar refractivity (Wildman–Crippen MR) is 102 cm³/mol. The van der Waals surface area contributed by atoms with Crippen LogP contribution >= 0.6 is 0 Å². The molecule has 2 fully saturated rings. The summed E-state index contributed by atoms with van der Waals surface area (Å²) < 4.78 is 11.5. The van der Waals surface area contributed by atoms with Gasteiger partial charge < -0.3 is 14.8 Å². The lowest BCUT2D eigenvalue weighted by Gasteiger charge is -2.29. The van der Waals surface area contributed by atoms with Gasteiger partial charge in [0.15, 0.2) is 0 Å². The van der Waals surface area contributed by atoms with Crippen molar-refractivity contribution in [2.75, 3.05) is 13.2 Å². The lowest BCUT2D eigenvalue weighted by atomic mass is 9.80. The second-order valence-electron chi connectivity index (χ2n) is 8.15. The van der Waals surface area contributed by atoms with Gasteiger partial charge in [0.25, 0.3) is 0 Å². The second-order valence-corrected chi connectivity index (χ2v) is 8.15. The molecule has 2 aliphatic rings. The molecule has 0 heterocycles. The van der Waals surface area contributed by atoms with Crippen molar-refractivity contribution in [3.8, 4) is 0 Å². The molecule has 0 aromatic carbocycles. The summed E-state index contributed by atoms with van der Waals surface area (Å²) in [6.45, 7) is 7.26. The molecule has 0 atom stereocenters. The fourth-order valence-electron chi connectivity index (χ4n) is 4.21. The van der Waals surface area contributed by atoms with E-state index in [2.05, 4.69) is 5.32 Å². The number of amides is 1. The highest BCUT2D eigenvalue weighted by molar-refractivity contribution is 5.83. The van der Waals surface area contributed by atoms with E-state index in [-0.39, 0.29) is 29.9 Å². The molecule has 26 heavy (non-hydrogen) atoms. The zero-order valence-electron chi connectivity index (χ0n) is 16.8. The SMILES string of the molecule is CCO[C@H]1CC[C@H](OCCC(=O)N[C@H]2CC[C@H](C(=O)C(C)C)CC2)CC1. The van der Waals surface area contributed by atoms with E-state index in [4.69, 9.17) is 9.47 Å². The van der Waals surface area contributed by atoms with Gasteiger partial charge in [0.2, 0.25) is 5.91 Å². The third-order valence-corrected chi connectivity index (χ3v) is 5.77. The molecule has 0 aromatic rings. The summed E-state index contributed by atoms with van der Waals surface area (Å²) >= 11 is 0. The molecule has 0 spiro atoms. The van der Waals surface area contributed by atoms with Gasteiger partial charge >= 0.3 is 0 Å². The molecule has 2 aliphatic carbocycles. The number of nitrogens with one attached hydrogen (secondary N) is 1. The average Bonchev–Trinajstić information content (AvgIpc) is 2.63. The third-order valence-electron chi connectivity index (χ3n) is 5.77. The van der Waals surface area contributed by atoms with Gasteiger partial charge in [-0.1, -0.05) is 13.8 Å². The van der Waals surface area contributed by atoms with E-state index < -0.39 is 0 Å². The van der Waals surface area contributed by atoms with Crippen molar-refractivity contribution in [1.82, 2.24) is 5.32 Å². The highest BCUT2D eigenvalue weighted by atomic mass is 16.5. The third kappa shape index (κ3) is 6.99. The van der Waals surface area contributed by atoms with Crippen LogP contribution in [-0.2, 0) is 19.1 Å². The molecule has 1 amide bonds. The van der Waals surface area contributed by atoms with Gasteiger partial charge in [-0.2, -0.15) is 0 Å². The Balaban J connectivity index is 1.55. The maximum absolute atomic E-state index is 12.1. The summed E-state index contributed by atoms with van der Waals surface area (Å²) in [6.07, 6.45) is 8.90. The van der Waals surface area contributed by atoms with E-state index in [1.54, 1.807) is 0 Å². The number of Topliss-reactive ketones (excluding diaryl/α,β-unsaturated/α-hetero) is 1. The molecule has 0 aliphatic heterocycles. The molecule has 5 heteroatoms. The molecule has 2 rings (SSSR count). The molecule has 0 unspecified atom stereocenters. The van der Waals surface area contributed by atoms with Gasteiger partial charge in [0, 0.05) is 30.9 Å². The van der Waals surface area contributed by atoms with Gasteiger partial charge in [-0.25, -0.2) is 0 Å². The fourth-order valence-corrected chi connectivity index (χ4v) is 4.21. The largest absolute Gasteiger partial charge is 0.379 e. The number of hydrogen-bond acceptors (Lipinski definition) is 4. The molecule has 0 bridgehead atoms. The predicted octanol–water partition coefficient (Wildman–Crippen LogP) is 3.64. The minimum atomic E-state index is 0.0756. The number of carbonyl (C=O) groups excluding carboxylic acids is 2. The Morgan fingerprint density at radius 3 is 2.04 bits per heavy atom. The number of rotatable bonds is 9. The van der Waals surface area contributed by atoms with Crippen LogP contribution in [0.5, 0.6) is 0 Å². The van der Waals surface area contributed by atoms with Crippen molar-refractivity contribution < 1.29 is 19.1 Å². The number of ether oxygens (including phenoxy) is 2. The standard InChI is InChI=1S/C21H37NO4/c1-4-25-18-9-11-19(12-10-18)26-14-13-20(23)22-17-7-5-16(6-8-17)21(24)15(2)3/h15-19H,4-14H2,1-3H3,(H,22,23)/t16-,17-,18-,19-. The molecular weight excluding hydrogens is 330 g/mol. The van der Waals surface area contributed by atoms with Gasteiger partial charge in [0.1, 0.15) is 5.78 Å². The first-order valence-electron chi connectivity index (χ1n) is 10.6. The Kier molecular flexibility index (Phi) is 9.06. The quantitative estimate of drug-likeness (QED) is 0.676. The van der Waals surface area contributed by atoms with Crippen LogP contribution < -0.4 is 5.32 Å². The number of ketones is 1. The summed E-state index contributed by atoms with van der Waals surface area (Å²) in [4.78, 5) is 24.2. The first-order chi connectivity index (χ1) is 12.5. The maximum Gasteiger partial charge on any atom is 0.222 e. The number of carbonyl (C=O) groups is 2. The van der Waals surface area contributed by atoms with E-state index in [1.807, 2.05) is 20.8 Å². The van der Waals surface area contributed by atoms with Crippen LogP contribution in [0.3, 0.4) is 0 Å². The molecule has 0 saturated heterocycles. The Bertz CT molecular complexity index is 435. The average molecular weight is 368 g/mol. The lowest BCUT2D eigenvalue weighted by Crippen LogP contribution is -2.39. The molecule has 2 saturated carbocycles. The summed E-state index contributed by atoms with van der Waals surface area (Å²) in [5.74, 6) is 0.763. The number of hydrogen-bond donors (Lipinski definition) is 1. The summed E-state index contributed by atoms with van der Waals surface area (Å²) in [5, 5.41) is 3.12. The topological polar surface area (TPSA) is 64.6 Å². The first kappa shape index (κ1) is 21.4. The molecule has 5 nitrogen and oxygen atoms in total. The summed E-state index contributed by atoms with van der Waals surface area (Å²) in [7, 11) is 0. The van der Waals surface area contributed by atoms with Gasteiger partial charge in [-0.15, -0.1) is 0 Å². The highest BCUT2D eigenvalue weighted by Gasteiger charge is 2.28. The van der Waals surface area contributed by atoms with Crippen LogP contribution in [0.15, 0.2) is 0 Å². The Labute approximate surface area is 158 Å². The van der Waals surface area contributed by atoms with Crippen LogP contribution in [-0.4, -0.2) is 43.2 Å². The van der Waals surface area contributed by atoms with Gasteiger partial charge in [0.05, 0.1) is 18.8 Å². The molecule has 0 radical (unpaired) electrons.